The van der Waals surface area contributed by atoms with Gasteiger partial charge in [-0.2, -0.15) is 0 Å². The number of piperidine rings is 1. The number of hydrogen-bond acceptors (Lipinski definition) is 3. The van der Waals surface area contributed by atoms with Crippen LogP contribution in [0.1, 0.15) is 39.2 Å². The second-order valence-electron chi connectivity index (χ2n) is 7.28. The molecule has 1 aliphatic heterocycles. The lowest BCUT2D eigenvalue weighted by molar-refractivity contribution is 0.0198. The highest BCUT2D eigenvalue weighted by Gasteiger charge is 2.58. The van der Waals surface area contributed by atoms with E-state index in [0.717, 1.165) is 25.9 Å². The Labute approximate surface area is 125 Å². The normalized spacial score (nSPS) is 28.0. The van der Waals surface area contributed by atoms with Crippen molar-refractivity contribution >= 4 is 6.09 Å². The molecule has 2 aliphatic rings. The third kappa shape index (κ3) is 2.71. The number of carbonyl (C=O) groups excluding carboxylic acids is 1. The minimum atomic E-state index is -0.444. The van der Waals surface area contributed by atoms with Crippen LogP contribution >= 0.6 is 0 Å². The van der Waals surface area contributed by atoms with Crippen LogP contribution in [-0.2, 0) is 10.2 Å². The first-order valence-corrected chi connectivity index (χ1v) is 7.58. The fraction of sp³-hybridized carbons (Fsp3) is 0.588. The number of ether oxygens (including phenoxy) is 1. The van der Waals surface area contributed by atoms with Crippen LogP contribution in [0.5, 0.6) is 5.75 Å². The van der Waals surface area contributed by atoms with Gasteiger partial charge in [0, 0.05) is 18.5 Å². The van der Waals surface area contributed by atoms with Gasteiger partial charge in [0.05, 0.1) is 0 Å². The molecule has 1 amide bonds. The van der Waals surface area contributed by atoms with Gasteiger partial charge in [0.2, 0.25) is 0 Å². The Hall–Kier alpha value is -1.71. The van der Waals surface area contributed by atoms with Gasteiger partial charge in [-0.05, 0) is 57.2 Å². The molecule has 1 aliphatic carbocycles. The van der Waals surface area contributed by atoms with Crippen LogP contribution in [0, 0.1) is 5.92 Å². The van der Waals surface area contributed by atoms with Gasteiger partial charge >= 0.3 is 6.09 Å². The van der Waals surface area contributed by atoms with Crippen LogP contribution < -0.4 is 0 Å². The topological polar surface area (TPSA) is 49.8 Å². The molecule has 1 saturated heterocycles. The maximum atomic E-state index is 12.1. The van der Waals surface area contributed by atoms with Crippen LogP contribution in [0.3, 0.4) is 0 Å². The molecule has 1 aromatic carbocycles. The average Bonchev–Trinajstić information content (AvgIpc) is 3.11. The van der Waals surface area contributed by atoms with Gasteiger partial charge in [0.25, 0.3) is 0 Å². The average molecular weight is 289 g/mol. The van der Waals surface area contributed by atoms with Crippen molar-refractivity contribution in [1.82, 2.24) is 4.90 Å². The number of aromatic hydroxyl groups is 1. The molecule has 4 heteroatoms. The molecule has 2 fully saturated rings. The zero-order valence-corrected chi connectivity index (χ0v) is 12.9. The Kier molecular flexibility index (Phi) is 3.15. The number of fused-ring (bicyclic) bond motifs is 1. The molecule has 21 heavy (non-hydrogen) atoms. The summed E-state index contributed by atoms with van der Waals surface area (Å²) in [5.74, 6) is 0.808. The molecule has 0 radical (unpaired) electrons. The van der Waals surface area contributed by atoms with E-state index in [9.17, 15) is 9.90 Å². The number of phenolic OH excluding ortho intramolecular Hbond substituents is 1. The number of amides is 1. The van der Waals surface area contributed by atoms with E-state index in [1.807, 2.05) is 37.8 Å². The number of benzene rings is 1. The Bertz CT molecular complexity index is 563. The maximum Gasteiger partial charge on any atom is 0.410 e. The smallest absolute Gasteiger partial charge is 0.410 e. The Morgan fingerprint density at radius 2 is 2.19 bits per heavy atom. The van der Waals surface area contributed by atoms with Crippen LogP contribution in [0.25, 0.3) is 0 Å². The lowest BCUT2D eigenvalue weighted by atomic mass is 9.87. The number of nitrogens with zero attached hydrogens (tertiary/aromatic N) is 1. The number of carbonyl (C=O) groups is 1. The van der Waals surface area contributed by atoms with Crippen LogP contribution in [0.15, 0.2) is 24.3 Å². The molecular weight excluding hydrogens is 266 g/mol. The summed E-state index contributed by atoms with van der Waals surface area (Å²) in [5, 5.41) is 9.66. The highest BCUT2D eigenvalue weighted by Crippen LogP contribution is 2.59. The molecule has 1 saturated carbocycles. The van der Waals surface area contributed by atoms with Gasteiger partial charge in [-0.3, -0.25) is 0 Å². The molecule has 3 rings (SSSR count). The molecular formula is C17H23NO3. The number of hydrogen-bond donors (Lipinski definition) is 1. The quantitative estimate of drug-likeness (QED) is 0.863. The molecule has 114 valence electrons. The van der Waals surface area contributed by atoms with Crippen molar-refractivity contribution in [2.45, 2.75) is 44.6 Å². The Balaban J connectivity index is 1.67. The summed E-state index contributed by atoms with van der Waals surface area (Å²) in [6.45, 7) is 7.15. The summed E-state index contributed by atoms with van der Waals surface area (Å²) < 4.78 is 5.45. The van der Waals surface area contributed by atoms with E-state index >= 15 is 0 Å². The molecule has 0 aromatic heterocycles. The monoisotopic (exact) mass is 289 g/mol. The first-order chi connectivity index (χ1) is 9.80. The second kappa shape index (κ2) is 4.65. The zero-order chi connectivity index (χ0) is 15.3. The number of phenols is 1. The van der Waals surface area contributed by atoms with Crippen molar-refractivity contribution in [3.05, 3.63) is 29.8 Å². The van der Waals surface area contributed by atoms with Crippen LogP contribution in [-0.4, -0.2) is 34.8 Å². The highest BCUT2D eigenvalue weighted by molar-refractivity contribution is 5.68. The van der Waals surface area contributed by atoms with E-state index in [-0.39, 0.29) is 11.5 Å². The van der Waals surface area contributed by atoms with E-state index in [0.29, 0.717) is 11.7 Å². The third-order valence-corrected chi connectivity index (χ3v) is 4.57. The standard InChI is InChI=1S/C17H23NO3/c1-16(2,3)21-15(20)18-8-7-17(10-13(17)11-18)12-5-4-6-14(19)9-12/h4-6,9,13,19H,7-8,10-11H2,1-3H3. The van der Waals surface area contributed by atoms with Gasteiger partial charge in [0.1, 0.15) is 11.4 Å². The summed E-state index contributed by atoms with van der Waals surface area (Å²) >= 11 is 0. The third-order valence-electron chi connectivity index (χ3n) is 4.57. The van der Waals surface area contributed by atoms with Gasteiger partial charge in [-0.25, -0.2) is 4.79 Å². The first kappa shape index (κ1) is 14.2. The van der Waals surface area contributed by atoms with Crippen LogP contribution in [0.2, 0.25) is 0 Å². The van der Waals surface area contributed by atoms with Crippen molar-refractivity contribution in [2.75, 3.05) is 13.1 Å². The maximum absolute atomic E-state index is 12.1. The predicted octanol–water partition coefficient (Wildman–Crippen LogP) is 3.29. The summed E-state index contributed by atoms with van der Waals surface area (Å²) in [6.07, 6.45) is 1.83. The summed E-state index contributed by atoms with van der Waals surface area (Å²) in [5.41, 5.74) is 0.925. The van der Waals surface area contributed by atoms with E-state index in [2.05, 4.69) is 6.07 Å². The first-order valence-electron chi connectivity index (χ1n) is 7.58. The Morgan fingerprint density at radius 1 is 1.43 bits per heavy atom. The molecule has 0 bridgehead atoms. The summed E-state index contributed by atoms with van der Waals surface area (Å²) in [7, 11) is 0. The fourth-order valence-corrected chi connectivity index (χ4v) is 3.42. The SMILES string of the molecule is CC(C)(C)OC(=O)N1CCC2(c3cccc(O)c3)CC2C1. The highest BCUT2D eigenvalue weighted by atomic mass is 16.6. The van der Waals surface area contributed by atoms with Crippen molar-refractivity contribution in [3.63, 3.8) is 0 Å². The lowest BCUT2D eigenvalue weighted by Crippen LogP contribution is -2.43. The lowest BCUT2D eigenvalue weighted by Gasteiger charge is -2.33. The minimum absolute atomic E-state index is 0.164. The number of rotatable bonds is 1. The van der Waals surface area contributed by atoms with E-state index in [1.54, 1.807) is 6.07 Å². The molecule has 1 N–H and O–H groups in total. The predicted molar refractivity (Wildman–Crippen MR) is 80.3 cm³/mol. The van der Waals surface area contributed by atoms with Crippen molar-refractivity contribution in [2.24, 2.45) is 5.92 Å². The molecule has 4 nitrogen and oxygen atoms in total. The minimum Gasteiger partial charge on any atom is -0.508 e. The summed E-state index contributed by atoms with van der Waals surface area (Å²) in [6, 6.07) is 7.55. The summed E-state index contributed by atoms with van der Waals surface area (Å²) in [4.78, 5) is 14.0. The van der Waals surface area contributed by atoms with E-state index in [4.69, 9.17) is 4.74 Å². The van der Waals surface area contributed by atoms with E-state index < -0.39 is 5.60 Å². The second-order valence-corrected chi connectivity index (χ2v) is 7.28. The molecule has 2 unspecified atom stereocenters. The largest absolute Gasteiger partial charge is 0.508 e. The van der Waals surface area contributed by atoms with Gasteiger partial charge < -0.3 is 14.7 Å². The molecule has 1 aromatic rings. The van der Waals surface area contributed by atoms with Gasteiger partial charge in [0.15, 0.2) is 0 Å². The molecule has 2 atom stereocenters. The van der Waals surface area contributed by atoms with Crippen LogP contribution in [0.4, 0.5) is 4.79 Å². The van der Waals surface area contributed by atoms with E-state index in [1.165, 1.54) is 5.56 Å². The molecule has 0 spiro atoms. The zero-order valence-electron chi connectivity index (χ0n) is 12.9. The van der Waals surface area contributed by atoms with Gasteiger partial charge in [-0.15, -0.1) is 0 Å². The van der Waals surface area contributed by atoms with Crippen molar-refractivity contribution in [3.8, 4) is 5.75 Å². The number of likely N-dealkylation sites (tertiary alicyclic amines) is 1. The van der Waals surface area contributed by atoms with Crippen molar-refractivity contribution < 1.29 is 14.6 Å². The van der Waals surface area contributed by atoms with Crippen molar-refractivity contribution in [1.29, 1.82) is 0 Å². The molecule has 1 heterocycles. The Morgan fingerprint density at radius 3 is 2.81 bits per heavy atom. The van der Waals surface area contributed by atoms with Gasteiger partial charge in [-0.1, -0.05) is 12.1 Å². The fourth-order valence-electron chi connectivity index (χ4n) is 3.42.